The number of hydrogen-bond donors (Lipinski definition) is 0. The lowest BCUT2D eigenvalue weighted by molar-refractivity contribution is -0.141. The van der Waals surface area contributed by atoms with Gasteiger partial charge in [0.2, 0.25) is 11.8 Å². The molecule has 2 bridgehead atoms. The zero-order chi connectivity index (χ0) is 24.3. The number of ether oxygens (including phenoxy) is 3. The van der Waals surface area contributed by atoms with Crippen molar-refractivity contribution in [3.8, 4) is 5.75 Å². The predicted octanol–water partition coefficient (Wildman–Crippen LogP) is 1.89. The van der Waals surface area contributed by atoms with Crippen molar-refractivity contribution in [2.45, 2.75) is 18.6 Å². The minimum Gasteiger partial charge on any atom is -0.497 e. The molecule has 1 spiro atoms. The van der Waals surface area contributed by atoms with Crippen LogP contribution in [0, 0.1) is 11.8 Å². The molecule has 3 fully saturated rings. The average molecular weight is 499 g/mol. The fraction of sp³-hybridized carbons (Fsp3) is 0.500. The largest absolute Gasteiger partial charge is 0.497 e. The summed E-state index contributed by atoms with van der Waals surface area (Å²) in [4.78, 5) is 49.0. The number of carbonyl (C=O) groups is 3. The number of nitrogens with zero attached hydrogens (tertiary/aromatic N) is 4. The van der Waals surface area contributed by atoms with E-state index in [0.29, 0.717) is 50.2 Å². The first-order valence-corrected chi connectivity index (χ1v) is 12.6. The third-order valence-corrected chi connectivity index (χ3v) is 8.38. The van der Waals surface area contributed by atoms with Crippen LogP contribution < -0.4 is 9.64 Å². The summed E-state index contributed by atoms with van der Waals surface area (Å²) < 4.78 is 17.6. The maximum Gasteiger partial charge on any atom is 0.409 e. The Bertz CT molecular complexity index is 1240. The lowest BCUT2D eigenvalue weighted by Crippen LogP contribution is -2.54. The second-order valence-corrected chi connectivity index (χ2v) is 10.2. The molecule has 0 aliphatic carbocycles. The summed E-state index contributed by atoms with van der Waals surface area (Å²) in [5.41, 5.74) is -0.0516. The molecule has 4 aliphatic heterocycles. The Morgan fingerprint density at radius 2 is 2.00 bits per heavy atom. The zero-order valence-corrected chi connectivity index (χ0v) is 20.3. The number of aromatic nitrogens is 1. The van der Waals surface area contributed by atoms with Gasteiger partial charge in [-0.25, -0.2) is 9.78 Å². The summed E-state index contributed by atoms with van der Waals surface area (Å²) in [7, 11) is 1.60. The Kier molecular flexibility index (Phi) is 5.22. The molecule has 5 heterocycles. The molecule has 4 aliphatic rings. The van der Waals surface area contributed by atoms with Crippen LogP contribution in [0.4, 0.5) is 9.93 Å². The van der Waals surface area contributed by atoms with Gasteiger partial charge in [0, 0.05) is 32.2 Å². The molecule has 4 atom stereocenters. The highest BCUT2D eigenvalue weighted by Crippen LogP contribution is 2.53. The first-order valence-electron chi connectivity index (χ1n) is 11.8. The van der Waals surface area contributed by atoms with E-state index in [2.05, 4.69) is 4.98 Å². The number of hydrogen-bond acceptors (Lipinski definition) is 8. The second kappa shape index (κ2) is 8.20. The highest BCUT2D eigenvalue weighted by molar-refractivity contribution is 7.22. The Morgan fingerprint density at radius 3 is 2.74 bits per heavy atom. The lowest BCUT2D eigenvalue weighted by atomic mass is 9.76. The zero-order valence-electron chi connectivity index (χ0n) is 19.5. The van der Waals surface area contributed by atoms with Crippen molar-refractivity contribution in [1.82, 2.24) is 14.8 Å². The van der Waals surface area contributed by atoms with Crippen LogP contribution in [-0.4, -0.2) is 90.8 Å². The Morgan fingerprint density at radius 1 is 1.23 bits per heavy atom. The molecule has 0 N–H and O–H groups in total. The van der Waals surface area contributed by atoms with Gasteiger partial charge in [-0.1, -0.05) is 23.5 Å². The smallest absolute Gasteiger partial charge is 0.409 e. The van der Waals surface area contributed by atoms with Crippen molar-refractivity contribution >= 4 is 44.6 Å². The third kappa shape index (κ3) is 3.40. The highest BCUT2D eigenvalue weighted by Gasteiger charge is 2.67. The van der Waals surface area contributed by atoms with Crippen LogP contribution in [0.2, 0.25) is 0 Å². The molecule has 1 aromatic heterocycles. The monoisotopic (exact) mass is 498 g/mol. The molecule has 11 heteroatoms. The van der Waals surface area contributed by atoms with Gasteiger partial charge in [0.05, 0.1) is 48.4 Å². The number of methoxy groups -OCH3 is 1. The van der Waals surface area contributed by atoms with Crippen molar-refractivity contribution in [3.63, 3.8) is 0 Å². The fourth-order valence-corrected chi connectivity index (χ4v) is 6.57. The number of piperazine rings is 1. The van der Waals surface area contributed by atoms with Crippen molar-refractivity contribution in [3.05, 3.63) is 30.4 Å². The number of benzene rings is 1. The van der Waals surface area contributed by atoms with E-state index in [0.717, 1.165) is 10.2 Å². The van der Waals surface area contributed by atoms with E-state index in [1.165, 1.54) is 11.3 Å². The fourth-order valence-electron chi connectivity index (χ4n) is 5.61. The average Bonchev–Trinajstić information content (AvgIpc) is 3.62. The molecular weight excluding hydrogens is 472 g/mol. The van der Waals surface area contributed by atoms with E-state index in [1.54, 1.807) is 28.7 Å². The van der Waals surface area contributed by atoms with Gasteiger partial charge < -0.3 is 24.0 Å². The normalized spacial score (nSPS) is 29.3. The standard InChI is InChI=1S/C24H26N4O6S/c1-3-33-23(31)27-10-8-26(9-11-27)20(29)18-16-6-7-24(34-16)13-28(21(30)19(18)24)22-25-15-12-14(32-2)4-5-17(15)35-22/h4-7,12,16,18-19H,3,8-11,13H2,1-2H3/t16-,18+,19+,24+/m1/s1. The lowest BCUT2D eigenvalue weighted by Gasteiger charge is -2.36. The van der Waals surface area contributed by atoms with Crippen LogP contribution in [0.15, 0.2) is 30.4 Å². The molecule has 35 heavy (non-hydrogen) atoms. The van der Waals surface area contributed by atoms with E-state index in [-0.39, 0.29) is 17.9 Å². The second-order valence-electron chi connectivity index (χ2n) is 9.17. The summed E-state index contributed by atoms with van der Waals surface area (Å²) in [6.07, 6.45) is 3.08. The van der Waals surface area contributed by atoms with E-state index >= 15 is 0 Å². The van der Waals surface area contributed by atoms with E-state index in [1.807, 2.05) is 30.4 Å². The molecule has 1 aromatic carbocycles. The Balaban J connectivity index is 1.22. The molecule has 6 rings (SSSR count). The van der Waals surface area contributed by atoms with Gasteiger partial charge in [-0.2, -0.15) is 0 Å². The van der Waals surface area contributed by atoms with Gasteiger partial charge in [0.25, 0.3) is 0 Å². The van der Waals surface area contributed by atoms with Crippen molar-refractivity contribution in [1.29, 1.82) is 0 Å². The van der Waals surface area contributed by atoms with Gasteiger partial charge in [0.1, 0.15) is 11.4 Å². The van der Waals surface area contributed by atoms with Crippen molar-refractivity contribution in [2.75, 3.05) is 51.3 Å². The number of anilines is 1. The number of thiazole rings is 1. The maximum atomic E-state index is 13.7. The molecule has 3 amide bonds. The molecule has 2 aromatic rings. The summed E-state index contributed by atoms with van der Waals surface area (Å²) >= 11 is 1.44. The quantitative estimate of drug-likeness (QED) is 0.594. The predicted molar refractivity (Wildman–Crippen MR) is 127 cm³/mol. The van der Waals surface area contributed by atoms with Gasteiger partial charge in [-0.05, 0) is 19.1 Å². The summed E-state index contributed by atoms with van der Waals surface area (Å²) in [5.74, 6) is -0.697. The van der Waals surface area contributed by atoms with Crippen LogP contribution in [0.5, 0.6) is 5.75 Å². The van der Waals surface area contributed by atoms with E-state index < -0.39 is 23.5 Å². The number of fused-ring (bicyclic) bond motifs is 2. The summed E-state index contributed by atoms with van der Waals surface area (Å²) in [6.45, 7) is 4.04. The van der Waals surface area contributed by atoms with Gasteiger partial charge in [-0.3, -0.25) is 14.5 Å². The first-order chi connectivity index (χ1) is 16.9. The minimum atomic E-state index is -0.815. The molecule has 10 nitrogen and oxygen atoms in total. The summed E-state index contributed by atoms with van der Waals surface area (Å²) in [6, 6.07) is 5.64. The van der Waals surface area contributed by atoms with Crippen LogP contribution in [0.25, 0.3) is 10.2 Å². The van der Waals surface area contributed by atoms with Crippen LogP contribution >= 0.6 is 11.3 Å². The van der Waals surface area contributed by atoms with Crippen molar-refractivity contribution < 1.29 is 28.6 Å². The molecule has 3 saturated heterocycles. The van der Waals surface area contributed by atoms with Gasteiger partial charge >= 0.3 is 6.09 Å². The summed E-state index contributed by atoms with van der Waals surface area (Å²) in [5, 5.41) is 0.594. The van der Waals surface area contributed by atoms with Crippen LogP contribution in [0.3, 0.4) is 0 Å². The molecule has 0 unspecified atom stereocenters. The number of carbonyl (C=O) groups excluding carboxylic acids is 3. The SMILES string of the molecule is CCOC(=O)N1CCN(C(=O)[C@@H]2[C@H]3C(=O)N(c4nc5cc(OC)ccc5s4)C[C@@]34C=C[C@H]2O4)CC1. The van der Waals surface area contributed by atoms with E-state index in [9.17, 15) is 14.4 Å². The number of rotatable bonds is 4. The van der Waals surface area contributed by atoms with Gasteiger partial charge in [0.15, 0.2) is 5.13 Å². The van der Waals surface area contributed by atoms with E-state index in [4.69, 9.17) is 14.2 Å². The van der Waals surface area contributed by atoms with Gasteiger partial charge in [-0.15, -0.1) is 0 Å². The minimum absolute atomic E-state index is 0.0982. The maximum absolute atomic E-state index is 13.7. The third-order valence-electron chi connectivity index (χ3n) is 7.32. The molecule has 0 radical (unpaired) electrons. The molecule has 184 valence electrons. The van der Waals surface area contributed by atoms with Crippen LogP contribution in [-0.2, 0) is 19.1 Å². The van der Waals surface area contributed by atoms with Crippen LogP contribution in [0.1, 0.15) is 6.92 Å². The topological polar surface area (TPSA) is 102 Å². The van der Waals surface area contributed by atoms with Crippen molar-refractivity contribution in [2.24, 2.45) is 11.8 Å². The first kappa shape index (κ1) is 22.3. The highest BCUT2D eigenvalue weighted by atomic mass is 32.1. The number of amides is 3. The molecular formula is C24H26N4O6S. The molecule has 0 saturated carbocycles. The Labute approximate surface area is 206 Å². The Hall–Kier alpha value is -3.18.